The largest absolute Gasteiger partial charge is 0.497 e. The molecule has 180 valence electrons. The van der Waals surface area contributed by atoms with E-state index in [9.17, 15) is 14.4 Å². The van der Waals surface area contributed by atoms with Crippen molar-refractivity contribution in [2.75, 3.05) is 12.4 Å². The first kappa shape index (κ1) is 24.4. The van der Waals surface area contributed by atoms with Gasteiger partial charge in [-0.2, -0.15) is 0 Å². The van der Waals surface area contributed by atoms with E-state index in [0.717, 1.165) is 5.56 Å². The SMILES string of the molecule is COc1ccc(C(=O)Nc2ccc(C(=O)O[C@@H](C(=O)c3ccc(C)cc3)c3ccccc3)cc2)cc1. The molecular weight excluding hydrogens is 454 g/mol. The van der Waals surface area contributed by atoms with Crippen LogP contribution in [0.15, 0.2) is 103 Å². The zero-order valence-corrected chi connectivity index (χ0v) is 19.9. The standard InChI is InChI=1S/C30H25NO5/c1-20-8-10-21(11-9-20)27(32)28(22-6-4-3-5-7-22)36-30(34)24-12-16-25(17-13-24)31-29(33)23-14-18-26(35-2)19-15-23/h3-19,28H,1-2H3,(H,31,33)/t28-/m1/s1. The molecule has 36 heavy (non-hydrogen) atoms. The van der Waals surface area contributed by atoms with Gasteiger partial charge in [0, 0.05) is 22.4 Å². The maximum absolute atomic E-state index is 13.2. The van der Waals surface area contributed by atoms with Crippen molar-refractivity contribution >= 4 is 23.3 Å². The van der Waals surface area contributed by atoms with Gasteiger partial charge in [0.2, 0.25) is 5.78 Å². The normalized spacial score (nSPS) is 11.3. The van der Waals surface area contributed by atoms with Crippen LogP contribution in [0.5, 0.6) is 5.75 Å². The van der Waals surface area contributed by atoms with Gasteiger partial charge in [0.05, 0.1) is 12.7 Å². The van der Waals surface area contributed by atoms with Crippen molar-refractivity contribution in [3.63, 3.8) is 0 Å². The summed E-state index contributed by atoms with van der Waals surface area (Å²) >= 11 is 0. The van der Waals surface area contributed by atoms with Gasteiger partial charge < -0.3 is 14.8 Å². The molecule has 4 aromatic carbocycles. The van der Waals surface area contributed by atoms with Crippen LogP contribution < -0.4 is 10.1 Å². The molecule has 6 nitrogen and oxygen atoms in total. The highest BCUT2D eigenvalue weighted by Crippen LogP contribution is 2.25. The number of amides is 1. The molecule has 6 heteroatoms. The number of rotatable bonds is 8. The quantitative estimate of drug-likeness (QED) is 0.246. The molecule has 0 heterocycles. The van der Waals surface area contributed by atoms with Crippen molar-refractivity contribution in [2.24, 2.45) is 0 Å². The zero-order valence-electron chi connectivity index (χ0n) is 19.9. The number of hydrogen-bond acceptors (Lipinski definition) is 5. The number of ketones is 1. The molecule has 0 bridgehead atoms. The van der Waals surface area contributed by atoms with E-state index >= 15 is 0 Å². The van der Waals surface area contributed by atoms with Crippen molar-refractivity contribution in [1.29, 1.82) is 0 Å². The van der Waals surface area contributed by atoms with E-state index in [0.29, 0.717) is 28.1 Å². The number of esters is 1. The third-order valence-corrected chi connectivity index (χ3v) is 5.63. The first-order valence-corrected chi connectivity index (χ1v) is 11.4. The van der Waals surface area contributed by atoms with Crippen LogP contribution in [-0.2, 0) is 4.74 Å². The predicted molar refractivity (Wildman–Crippen MR) is 137 cm³/mol. The lowest BCUT2D eigenvalue weighted by molar-refractivity contribution is 0.0280. The molecule has 1 amide bonds. The number of carbonyl (C=O) groups excluding carboxylic acids is 3. The Morgan fingerprint density at radius 2 is 1.28 bits per heavy atom. The fourth-order valence-electron chi connectivity index (χ4n) is 3.58. The molecule has 4 aromatic rings. The van der Waals surface area contributed by atoms with Gasteiger partial charge in [0.25, 0.3) is 5.91 Å². The smallest absolute Gasteiger partial charge is 0.339 e. The van der Waals surface area contributed by atoms with Crippen LogP contribution in [0.4, 0.5) is 5.69 Å². The van der Waals surface area contributed by atoms with Gasteiger partial charge in [-0.25, -0.2) is 4.79 Å². The van der Waals surface area contributed by atoms with Gasteiger partial charge in [0.1, 0.15) is 5.75 Å². The number of Topliss-reactive ketones (excluding diaryl/α,β-unsaturated/α-hetero) is 1. The molecule has 0 radical (unpaired) electrons. The summed E-state index contributed by atoms with van der Waals surface area (Å²) in [5.74, 6) is -0.583. The summed E-state index contributed by atoms with van der Waals surface area (Å²) in [5, 5.41) is 2.79. The molecule has 1 N–H and O–H groups in total. The lowest BCUT2D eigenvalue weighted by atomic mass is 9.99. The minimum absolute atomic E-state index is 0.259. The molecule has 0 spiro atoms. The molecule has 0 fully saturated rings. The molecule has 1 atom stereocenters. The first-order chi connectivity index (χ1) is 17.4. The van der Waals surface area contributed by atoms with Gasteiger partial charge in [-0.15, -0.1) is 0 Å². The minimum atomic E-state index is -1.09. The number of methoxy groups -OCH3 is 1. The Labute approximate surface area is 209 Å². The number of carbonyl (C=O) groups is 3. The van der Waals surface area contributed by atoms with Crippen molar-refractivity contribution < 1.29 is 23.9 Å². The molecule has 0 aliphatic carbocycles. The number of benzene rings is 4. The van der Waals surface area contributed by atoms with Gasteiger partial charge >= 0.3 is 5.97 Å². The fraction of sp³-hybridized carbons (Fsp3) is 0.100. The fourth-order valence-corrected chi connectivity index (χ4v) is 3.58. The number of ether oxygens (including phenoxy) is 2. The third kappa shape index (κ3) is 5.85. The number of nitrogens with one attached hydrogen (secondary N) is 1. The lowest BCUT2D eigenvalue weighted by Crippen LogP contribution is -2.20. The first-order valence-electron chi connectivity index (χ1n) is 11.4. The predicted octanol–water partition coefficient (Wildman–Crippen LogP) is 6.04. The van der Waals surface area contributed by atoms with Crippen molar-refractivity contribution in [2.45, 2.75) is 13.0 Å². The molecular formula is C30H25NO5. The average Bonchev–Trinajstić information content (AvgIpc) is 2.92. The Kier molecular flexibility index (Phi) is 7.56. The Balaban J connectivity index is 1.48. The van der Waals surface area contributed by atoms with Gasteiger partial charge in [-0.3, -0.25) is 9.59 Å². The third-order valence-electron chi connectivity index (χ3n) is 5.63. The molecule has 0 saturated heterocycles. The maximum atomic E-state index is 13.2. The molecule has 0 aromatic heterocycles. The second-order valence-corrected chi connectivity index (χ2v) is 8.19. The van der Waals surface area contributed by atoms with E-state index < -0.39 is 12.1 Å². The highest BCUT2D eigenvalue weighted by molar-refractivity contribution is 6.05. The van der Waals surface area contributed by atoms with Crippen molar-refractivity contribution in [3.05, 3.63) is 131 Å². The van der Waals surface area contributed by atoms with Crippen LogP contribution in [0.25, 0.3) is 0 Å². The summed E-state index contributed by atoms with van der Waals surface area (Å²) in [6.07, 6.45) is -1.09. The Morgan fingerprint density at radius 3 is 1.89 bits per heavy atom. The topological polar surface area (TPSA) is 81.7 Å². The second kappa shape index (κ2) is 11.1. The van der Waals surface area contributed by atoms with Crippen LogP contribution in [0, 0.1) is 6.92 Å². The van der Waals surface area contributed by atoms with Crippen molar-refractivity contribution in [3.8, 4) is 5.75 Å². The summed E-state index contributed by atoms with van der Waals surface area (Å²) in [5.41, 5.74) is 3.31. The summed E-state index contributed by atoms with van der Waals surface area (Å²) in [4.78, 5) is 38.7. The molecule has 0 unspecified atom stereocenters. The second-order valence-electron chi connectivity index (χ2n) is 8.19. The minimum Gasteiger partial charge on any atom is -0.497 e. The van der Waals surface area contributed by atoms with E-state index in [4.69, 9.17) is 9.47 Å². The number of aryl methyl sites for hydroxylation is 1. The van der Waals surface area contributed by atoms with Gasteiger partial charge in [-0.1, -0.05) is 60.2 Å². The lowest BCUT2D eigenvalue weighted by Gasteiger charge is -2.18. The molecule has 0 aliphatic rings. The van der Waals surface area contributed by atoms with E-state index in [-0.39, 0.29) is 17.3 Å². The van der Waals surface area contributed by atoms with Gasteiger partial charge in [0.15, 0.2) is 6.10 Å². The monoisotopic (exact) mass is 479 g/mol. The molecule has 4 rings (SSSR count). The van der Waals surface area contributed by atoms with Crippen LogP contribution in [0.3, 0.4) is 0 Å². The van der Waals surface area contributed by atoms with E-state index in [1.807, 2.05) is 25.1 Å². The summed E-state index contributed by atoms with van der Waals surface area (Å²) < 4.78 is 10.8. The number of anilines is 1. The van der Waals surface area contributed by atoms with Crippen molar-refractivity contribution in [1.82, 2.24) is 0 Å². The van der Waals surface area contributed by atoms with E-state index in [1.165, 1.54) is 0 Å². The van der Waals surface area contributed by atoms with Crippen LogP contribution >= 0.6 is 0 Å². The summed E-state index contributed by atoms with van der Waals surface area (Å²) in [7, 11) is 1.56. The Bertz CT molecular complexity index is 1350. The van der Waals surface area contributed by atoms with E-state index in [2.05, 4.69) is 5.32 Å². The molecule has 0 saturated carbocycles. The van der Waals surface area contributed by atoms with Gasteiger partial charge in [-0.05, 0) is 55.5 Å². The Morgan fingerprint density at radius 1 is 0.694 bits per heavy atom. The molecule has 0 aliphatic heterocycles. The highest BCUT2D eigenvalue weighted by atomic mass is 16.5. The van der Waals surface area contributed by atoms with Crippen LogP contribution in [0.1, 0.15) is 48.3 Å². The van der Waals surface area contributed by atoms with E-state index in [1.54, 1.807) is 92.0 Å². The number of hydrogen-bond donors (Lipinski definition) is 1. The zero-order chi connectivity index (χ0) is 25.5. The summed E-state index contributed by atoms with van der Waals surface area (Å²) in [6.45, 7) is 1.94. The van der Waals surface area contributed by atoms with Crippen LogP contribution in [-0.4, -0.2) is 24.8 Å². The average molecular weight is 480 g/mol. The highest BCUT2D eigenvalue weighted by Gasteiger charge is 2.26. The maximum Gasteiger partial charge on any atom is 0.339 e. The Hall–Kier alpha value is -4.71. The van der Waals surface area contributed by atoms with Crippen LogP contribution in [0.2, 0.25) is 0 Å². The summed E-state index contributed by atoms with van der Waals surface area (Å²) in [6, 6.07) is 29.1.